The van der Waals surface area contributed by atoms with E-state index in [4.69, 9.17) is 0 Å². The molecule has 3 heterocycles. The van der Waals surface area contributed by atoms with E-state index in [0.29, 0.717) is 6.42 Å². The first-order valence-corrected chi connectivity index (χ1v) is 8.05. The van der Waals surface area contributed by atoms with Crippen LogP contribution in [0, 0.1) is 0 Å². The fourth-order valence-corrected chi connectivity index (χ4v) is 3.21. The maximum atomic E-state index is 12.0. The number of aromatic nitrogens is 2. The molecule has 1 fully saturated rings. The average molecular weight is 302 g/mol. The van der Waals surface area contributed by atoms with Crippen molar-refractivity contribution in [1.82, 2.24) is 20.6 Å². The quantitative estimate of drug-likeness (QED) is 0.900. The van der Waals surface area contributed by atoms with E-state index in [0.717, 1.165) is 42.3 Å². The van der Waals surface area contributed by atoms with Crippen LogP contribution < -0.4 is 10.6 Å². The van der Waals surface area contributed by atoms with Gasteiger partial charge in [-0.2, -0.15) is 0 Å². The van der Waals surface area contributed by atoms with Crippen LogP contribution in [-0.4, -0.2) is 35.0 Å². The Hall–Kier alpha value is -1.79. The molecule has 0 bridgehead atoms. The molecule has 1 amide bonds. The Bertz CT molecular complexity index is 593. The largest absolute Gasteiger partial charge is 0.352 e. The maximum absolute atomic E-state index is 12.0. The second kappa shape index (κ2) is 6.78. The molecule has 0 spiro atoms. The molecule has 3 rings (SSSR count). The Balaban J connectivity index is 1.58. The standard InChI is InChI=1S/C15H18N4OS/c20-14(18-11-4-3-6-16-9-11)8-12-10-21-15(19-12)13-5-1-2-7-17-13/h1-2,5,7,10-11,16H,3-4,6,8-9H2,(H,18,20). The maximum Gasteiger partial charge on any atom is 0.226 e. The zero-order valence-corrected chi connectivity index (χ0v) is 12.5. The Labute approximate surface area is 127 Å². The van der Waals surface area contributed by atoms with Crippen molar-refractivity contribution >= 4 is 17.2 Å². The highest BCUT2D eigenvalue weighted by Gasteiger charge is 2.16. The van der Waals surface area contributed by atoms with Crippen molar-refractivity contribution in [2.75, 3.05) is 13.1 Å². The van der Waals surface area contributed by atoms with Gasteiger partial charge in [0.1, 0.15) is 5.01 Å². The van der Waals surface area contributed by atoms with Crippen molar-refractivity contribution in [2.24, 2.45) is 0 Å². The number of hydrogen-bond acceptors (Lipinski definition) is 5. The monoisotopic (exact) mass is 302 g/mol. The number of amides is 1. The van der Waals surface area contributed by atoms with Gasteiger partial charge in [0.05, 0.1) is 17.8 Å². The fourth-order valence-electron chi connectivity index (χ4n) is 2.41. The number of carbonyl (C=O) groups excluding carboxylic acids is 1. The highest BCUT2D eigenvalue weighted by atomic mass is 32.1. The fraction of sp³-hybridized carbons (Fsp3) is 0.400. The first kappa shape index (κ1) is 14.2. The predicted octanol–water partition coefficient (Wildman–Crippen LogP) is 1.62. The third-order valence-corrected chi connectivity index (χ3v) is 4.35. The Kier molecular flexibility index (Phi) is 4.57. The van der Waals surface area contributed by atoms with E-state index in [1.807, 2.05) is 23.6 Å². The van der Waals surface area contributed by atoms with Gasteiger partial charge in [0.2, 0.25) is 5.91 Å². The SMILES string of the molecule is O=C(Cc1csc(-c2ccccn2)n1)NC1CCCNC1. The van der Waals surface area contributed by atoms with E-state index in [-0.39, 0.29) is 11.9 Å². The molecule has 1 saturated heterocycles. The van der Waals surface area contributed by atoms with Crippen LogP contribution >= 0.6 is 11.3 Å². The molecule has 2 N–H and O–H groups in total. The number of nitrogens with zero attached hydrogens (tertiary/aromatic N) is 2. The van der Waals surface area contributed by atoms with E-state index in [2.05, 4.69) is 20.6 Å². The smallest absolute Gasteiger partial charge is 0.226 e. The number of carbonyl (C=O) groups is 1. The van der Waals surface area contributed by atoms with Crippen LogP contribution in [0.5, 0.6) is 0 Å². The Morgan fingerprint density at radius 2 is 2.43 bits per heavy atom. The van der Waals surface area contributed by atoms with Crippen molar-refractivity contribution in [3.8, 4) is 10.7 Å². The molecule has 1 atom stereocenters. The zero-order valence-electron chi connectivity index (χ0n) is 11.7. The summed E-state index contributed by atoms with van der Waals surface area (Å²) >= 11 is 1.52. The summed E-state index contributed by atoms with van der Waals surface area (Å²) in [6.45, 7) is 1.91. The van der Waals surface area contributed by atoms with Gasteiger partial charge in [-0.25, -0.2) is 4.98 Å². The molecule has 21 heavy (non-hydrogen) atoms. The number of rotatable bonds is 4. The lowest BCUT2D eigenvalue weighted by molar-refractivity contribution is -0.121. The number of thiazole rings is 1. The molecular formula is C15H18N4OS. The van der Waals surface area contributed by atoms with Crippen LogP contribution in [0.25, 0.3) is 10.7 Å². The van der Waals surface area contributed by atoms with Crippen LogP contribution in [0.3, 0.4) is 0 Å². The highest BCUT2D eigenvalue weighted by molar-refractivity contribution is 7.13. The molecule has 0 aliphatic carbocycles. The van der Waals surface area contributed by atoms with Crippen molar-refractivity contribution in [1.29, 1.82) is 0 Å². The lowest BCUT2D eigenvalue weighted by atomic mass is 10.1. The molecule has 0 saturated carbocycles. The van der Waals surface area contributed by atoms with Crippen LogP contribution in [0.2, 0.25) is 0 Å². The topological polar surface area (TPSA) is 66.9 Å². The normalized spacial score (nSPS) is 18.4. The van der Waals surface area contributed by atoms with Crippen LogP contribution in [0.15, 0.2) is 29.8 Å². The van der Waals surface area contributed by atoms with E-state index in [1.54, 1.807) is 6.20 Å². The van der Waals surface area contributed by atoms with Gasteiger partial charge in [-0.15, -0.1) is 11.3 Å². The summed E-state index contributed by atoms with van der Waals surface area (Å²) in [6, 6.07) is 5.99. The lowest BCUT2D eigenvalue weighted by Gasteiger charge is -2.23. The molecule has 6 heteroatoms. The summed E-state index contributed by atoms with van der Waals surface area (Å²) in [5.41, 5.74) is 1.66. The minimum absolute atomic E-state index is 0.0431. The van der Waals surface area contributed by atoms with Gasteiger partial charge >= 0.3 is 0 Å². The number of hydrogen-bond donors (Lipinski definition) is 2. The van der Waals surface area contributed by atoms with Crippen molar-refractivity contribution in [2.45, 2.75) is 25.3 Å². The van der Waals surface area contributed by atoms with Crippen molar-refractivity contribution in [3.05, 3.63) is 35.5 Å². The number of pyridine rings is 1. The highest BCUT2D eigenvalue weighted by Crippen LogP contribution is 2.21. The molecule has 2 aromatic heterocycles. The molecular weight excluding hydrogens is 284 g/mol. The third kappa shape index (κ3) is 3.86. The summed E-state index contributed by atoms with van der Waals surface area (Å²) in [5.74, 6) is 0.0431. The molecule has 2 aromatic rings. The third-order valence-electron chi connectivity index (χ3n) is 3.44. The first-order valence-electron chi connectivity index (χ1n) is 7.17. The summed E-state index contributed by atoms with van der Waals surface area (Å²) in [7, 11) is 0. The first-order chi connectivity index (χ1) is 10.3. The predicted molar refractivity (Wildman–Crippen MR) is 83.1 cm³/mol. The van der Waals surface area contributed by atoms with Gasteiger partial charge in [0, 0.05) is 24.2 Å². The summed E-state index contributed by atoms with van der Waals surface area (Å²) in [4.78, 5) is 20.8. The molecule has 1 aliphatic heterocycles. The van der Waals surface area contributed by atoms with Crippen molar-refractivity contribution in [3.63, 3.8) is 0 Å². The van der Waals surface area contributed by atoms with Crippen LogP contribution in [0.4, 0.5) is 0 Å². The molecule has 1 unspecified atom stereocenters. The average Bonchev–Trinajstić information content (AvgIpc) is 2.97. The molecule has 1 aliphatic rings. The minimum Gasteiger partial charge on any atom is -0.352 e. The molecule has 5 nitrogen and oxygen atoms in total. The number of nitrogens with one attached hydrogen (secondary N) is 2. The van der Waals surface area contributed by atoms with E-state index >= 15 is 0 Å². The van der Waals surface area contributed by atoms with Crippen LogP contribution in [-0.2, 0) is 11.2 Å². The van der Waals surface area contributed by atoms with Crippen LogP contribution in [0.1, 0.15) is 18.5 Å². The van der Waals surface area contributed by atoms with Gasteiger partial charge < -0.3 is 10.6 Å². The Morgan fingerprint density at radius 3 is 3.19 bits per heavy atom. The molecule has 0 aromatic carbocycles. The second-order valence-electron chi connectivity index (χ2n) is 5.15. The summed E-state index contributed by atoms with van der Waals surface area (Å²) < 4.78 is 0. The van der Waals surface area contributed by atoms with Gasteiger partial charge in [0.25, 0.3) is 0 Å². The van der Waals surface area contributed by atoms with E-state index in [9.17, 15) is 4.79 Å². The van der Waals surface area contributed by atoms with Gasteiger partial charge in [-0.3, -0.25) is 9.78 Å². The zero-order chi connectivity index (χ0) is 14.5. The van der Waals surface area contributed by atoms with E-state index < -0.39 is 0 Å². The summed E-state index contributed by atoms with van der Waals surface area (Å²) in [6.07, 6.45) is 4.25. The second-order valence-corrected chi connectivity index (χ2v) is 6.00. The van der Waals surface area contributed by atoms with Gasteiger partial charge in [-0.1, -0.05) is 6.07 Å². The van der Waals surface area contributed by atoms with Gasteiger partial charge in [-0.05, 0) is 31.5 Å². The van der Waals surface area contributed by atoms with Crippen molar-refractivity contribution < 1.29 is 4.79 Å². The Morgan fingerprint density at radius 1 is 1.48 bits per heavy atom. The lowest BCUT2D eigenvalue weighted by Crippen LogP contribution is -2.46. The summed E-state index contributed by atoms with van der Waals surface area (Å²) in [5, 5.41) is 9.15. The van der Waals surface area contributed by atoms with E-state index in [1.165, 1.54) is 11.3 Å². The molecule has 0 radical (unpaired) electrons. The van der Waals surface area contributed by atoms with Gasteiger partial charge in [0.15, 0.2) is 0 Å². The molecule has 110 valence electrons. The number of piperidine rings is 1. The minimum atomic E-state index is 0.0431.